The average Bonchev–Trinajstić information content (AvgIpc) is 2.53. The molecule has 0 aromatic rings. The molecule has 0 spiro atoms. The van der Waals surface area contributed by atoms with Gasteiger partial charge < -0.3 is 11.1 Å². The zero-order valence-electron chi connectivity index (χ0n) is 13.3. The first-order chi connectivity index (χ1) is 10.6. The van der Waals surface area contributed by atoms with Crippen molar-refractivity contribution < 1.29 is 14.0 Å². The van der Waals surface area contributed by atoms with E-state index in [1.54, 1.807) is 0 Å². The summed E-state index contributed by atoms with van der Waals surface area (Å²) in [5.74, 6) is -0.278. The first-order valence-electron chi connectivity index (χ1n) is 7.86. The van der Waals surface area contributed by atoms with Crippen LogP contribution in [0, 0.1) is 11.8 Å². The Morgan fingerprint density at radius 3 is 2.95 bits per heavy atom. The minimum absolute atomic E-state index is 0.0274. The van der Waals surface area contributed by atoms with E-state index in [2.05, 4.69) is 41.7 Å². The van der Waals surface area contributed by atoms with Crippen molar-refractivity contribution in [2.24, 2.45) is 17.6 Å². The molecule has 0 aromatic carbocycles. The number of allylic oxidation sites excluding steroid dienone is 4. The van der Waals surface area contributed by atoms with Gasteiger partial charge in [-0.05, 0) is 38.1 Å². The van der Waals surface area contributed by atoms with Crippen molar-refractivity contribution in [2.75, 3.05) is 13.1 Å². The second-order valence-electron chi connectivity index (χ2n) is 5.63. The first kappa shape index (κ1) is 18.3. The summed E-state index contributed by atoms with van der Waals surface area (Å²) < 4.78 is 4.65. The number of hydrogen-bond acceptors (Lipinski definition) is 3. The van der Waals surface area contributed by atoms with Crippen LogP contribution in [0.25, 0.3) is 0 Å². The quantitative estimate of drug-likeness (QED) is 0.502. The largest absolute Gasteiger partial charge is 0.582 e. The summed E-state index contributed by atoms with van der Waals surface area (Å²) in [4.78, 5) is 23.4. The minimum atomic E-state index is -0.320. The summed E-state index contributed by atoms with van der Waals surface area (Å²) in [6, 6.07) is 0. The minimum Gasteiger partial charge on any atom is -0.356 e. The highest BCUT2D eigenvalue weighted by molar-refractivity contribution is 5.76. The van der Waals surface area contributed by atoms with Crippen LogP contribution in [0.4, 0.5) is 0 Å². The Morgan fingerprint density at radius 2 is 2.32 bits per heavy atom. The number of nitrogens with two attached hydrogens (primary N) is 1. The van der Waals surface area contributed by atoms with Crippen molar-refractivity contribution in [3.8, 4) is 0 Å². The zero-order valence-corrected chi connectivity index (χ0v) is 13.3. The number of carbonyl (C=O) groups is 2. The SMILES string of the molecule is C=[O+]C(=O)C(CCNC(=O)CCCN)CC1=CCC=CC1C. The van der Waals surface area contributed by atoms with Gasteiger partial charge >= 0.3 is 5.97 Å². The number of hydrogen-bond donors (Lipinski definition) is 2. The van der Waals surface area contributed by atoms with E-state index in [0.717, 1.165) is 6.42 Å². The van der Waals surface area contributed by atoms with Gasteiger partial charge in [0.05, 0.1) is 0 Å². The van der Waals surface area contributed by atoms with Crippen LogP contribution < -0.4 is 11.1 Å². The standard InChI is InChI=1S/C17H26N2O3/c1-13-6-3-4-7-14(13)12-15(17(21)22-2)9-11-19-16(20)8-5-10-18/h3,6-7,13,15H,2,4-5,8-12,18H2,1H3/p+1. The van der Waals surface area contributed by atoms with Gasteiger partial charge in [0.25, 0.3) is 0 Å². The molecule has 0 heterocycles. The van der Waals surface area contributed by atoms with Gasteiger partial charge in [0.1, 0.15) is 5.92 Å². The van der Waals surface area contributed by atoms with Gasteiger partial charge in [-0.1, -0.05) is 30.7 Å². The van der Waals surface area contributed by atoms with Gasteiger partial charge in [0.15, 0.2) is 6.79 Å². The molecule has 3 N–H and O–H groups in total. The lowest BCUT2D eigenvalue weighted by molar-refractivity contribution is -0.374. The Kier molecular flexibility index (Phi) is 8.36. The van der Waals surface area contributed by atoms with Crippen molar-refractivity contribution >= 4 is 18.7 Å². The molecule has 0 saturated heterocycles. The fraction of sp³-hybridized carbons (Fsp3) is 0.588. The van der Waals surface area contributed by atoms with Gasteiger partial charge in [0.2, 0.25) is 5.91 Å². The molecular weight excluding hydrogens is 280 g/mol. The normalized spacial score (nSPS) is 18.5. The van der Waals surface area contributed by atoms with E-state index >= 15 is 0 Å². The molecule has 2 unspecified atom stereocenters. The van der Waals surface area contributed by atoms with Crippen LogP contribution in [0.1, 0.15) is 39.0 Å². The highest BCUT2D eigenvalue weighted by atomic mass is 16.4. The van der Waals surface area contributed by atoms with Gasteiger partial charge in [-0.25, -0.2) is 0 Å². The van der Waals surface area contributed by atoms with Crippen LogP contribution in [0.15, 0.2) is 23.8 Å². The third kappa shape index (κ3) is 6.35. The Bertz CT molecular complexity index is 455. The molecule has 5 heteroatoms. The number of carbonyl (C=O) groups excluding carboxylic acids is 3. The zero-order chi connectivity index (χ0) is 16.4. The number of rotatable bonds is 9. The maximum Gasteiger partial charge on any atom is 0.582 e. The summed E-state index contributed by atoms with van der Waals surface area (Å²) >= 11 is 0. The molecule has 5 nitrogen and oxygen atoms in total. The molecule has 1 rings (SSSR count). The maximum absolute atomic E-state index is 11.9. The Balaban J connectivity index is 2.48. The predicted octanol–water partition coefficient (Wildman–Crippen LogP) is 1.65. The molecule has 22 heavy (non-hydrogen) atoms. The average molecular weight is 307 g/mol. The van der Waals surface area contributed by atoms with Crippen molar-refractivity contribution in [2.45, 2.75) is 39.0 Å². The summed E-state index contributed by atoms with van der Waals surface area (Å²) in [7, 11) is 0. The Labute approximate surface area is 132 Å². The van der Waals surface area contributed by atoms with Gasteiger partial charge in [-0.3, -0.25) is 9.22 Å². The molecule has 0 aliphatic heterocycles. The third-order valence-corrected chi connectivity index (χ3v) is 3.91. The second kappa shape index (κ2) is 10.1. The lowest BCUT2D eigenvalue weighted by atomic mass is 9.86. The fourth-order valence-corrected chi connectivity index (χ4v) is 2.52. The monoisotopic (exact) mass is 307 g/mol. The molecule has 0 bridgehead atoms. The first-order valence-corrected chi connectivity index (χ1v) is 7.86. The molecule has 2 atom stereocenters. The van der Waals surface area contributed by atoms with Crippen LogP contribution >= 0.6 is 0 Å². The smallest absolute Gasteiger partial charge is 0.356 e. The second-order valence-corrected chi connectivity index (χ2v) is 5.63. The molecule has 122 valence electrons. The third-order valence-electron chi connectivity index (χ3n) is 3.91. The van der Waals surface area contributed by atoms with E-state index in [-0.39, 0.29) is 17.8 Å². The highest BCUT2D eigenvalue weighted by Gasteiger charge is 2.30. The lowest BCUT2D eigenvalue weighted by Gasteiger charge is -2.18. The van der Waals surface area contributed by atoms with E-state index < -0.39 is 0 Å². The van der Waals surface area contributed by atoms with Crippen LogP contribution in [0.5, 0.6) is 0 Å². The topological polar surface area (TPSA) is 83.5 Å². The Morgan fingerprint density at radius 1 is 1.55 bits per heavy atom. The molecule has 0 fully saturated rings. The lowest BCUT2D eigenvalue weighted by Crippen LogP contribution is -2.28. The summed E-state index contributed by atoms with van der Waals surface area (Å²) in [6.07, 6.45) is 9.64. The van der Waals surface area contributed by atoms with E-state index in [1.807, 2.05) is 0 Å². The van der Waals surface area contributed by atoms with Crippen LogP contribution in [-0.2, 0) is 14.0 Å². The van der Waals surface area contributed by atoms with Crippen molar-refractivity contribution in [1.82, 2.24) is 5.32 Å². The highest BCUT2D eigenvalue weighted by Crippen LogP contribution is 2.26. The fourth-order valence-electron chi connectivity index (χ4n) is 2.52. The van der Waals surface area contributed by atoms with Crippen molar-refractivity contribution in [1.29, 1.82) is 0 Å². The van der Waals surface area contributed by atoms with Crippen molar-refractivity contribution in [3.05, 3.63) is 23.8 Å². The molecule has 1 amide bonds. The van der Waals surface area contributed by atoms with E-state index in [4.69, 9.17) is 5.73 Å². The maximum atomic E-state index is 11.9. The molecule has 0 aromatic heterocycles. The number of amides is 1. The molecule has 1 aliphatic rings. The van der Waals surface area contributed by atoms with E-state index in [9.17, 15) is 9.59 Å². The number of nitrogens with one attached hydrogen (secondary N) is 1. The summed E-state index contributed by atoms with van der Waals surface area (Å²) in [5.41, 5.74) is 6.61. The van der Waals surface area contributed by atoms with Crippen LogP contribution in [0.2, 0.25) is 0 Å². The summed E-state index contributed by atoms with van der Waals surface area (Å²) in [5, 5.41) is 2.82. The predicted molar refractivity (Wildman–Crippen MR) is 87.2 cm³/mol. The molecule has 0 saturated carbocycles. The molecule has 1 aliphatic carbocycles. The van der Waals surface area contributed by atoms with Crippen molar-refractivity contribution in [3.63, 3.8) is 0 Å². The van der Waals surface area contributed by atoms with Gasteiger partial charge in [0, 0.05) is 17.8 Å². The van der Waals surface area contributed by atoms with Crippen LogP contribution in [0.3, 0.4) is 0 Å². The van der Waals surface area contributed by atoms with Gasteiger partial charge in [-0.15, -0.1) is 0 Å². The van der Waals surface area contributed by atoms with E-state index in [0.29, 0.717) is 44.7 Å². The van der Waals surface area contributed by atoms with Crippen LogP contribution in [-0.4, -0.2) is 31.8 Å². The molecule has 0 radical (unpaired) electrons. The Hall–Kier alpha value is -1.75. The van der Waals surface area contributed by atoms with E-state index in [1.165, 1.54) is 5.57 Å². The van der Waals surface area contributed by atoms with Gasteiger partial charge in [-0.2, -0.15) is 0 Å². The molecular formula is C17H27N2O3+. The summed E-state index contributed by atoms with van der Waals surface area (Å²) in [6.45, 7) is 6.29.